The van der Waals surface area contributed by atoms with Crippen molar-refractivity contribution < 1.29 is 0 Å². The summed E-state index contributed by atoms with van der Waals surface area (Å²) < 4.78 is 1.96. The van der Waals surface area contributed by atoms with Crippen LogP contribution in [0.25, 0.3) is 5.65 Å². The highest BCUT2D eigenvalue weighted by Gasteiger charge is 2.10. The predicted octanol–water partition coefficient (Wildman–Crippen LogP) is 0.652. The molecule has 0 radical (unpaired) electrons. The summed E-state index contributed by atoms with van der Waals surface area (Å²) in [6.07, 6.45) is 7.27. The van der Waals surface area contributed by atoms with Crippen LogP contribution in [0.4, 0.5) is 0 Å². The highest BCUT2D eigenvalue weighted by molar-refractivity contribution is 5.33. The van der Waals surface area contributed by atoms with E-state index in [1.54, 1.807) is 12.4 Å². The Balaban J connectivity index is 2.28. The first-order valence-corrected chi connectivity index (χ1v) is 5.18. The van der Waals surface area contributed by atoms with E-state index in [4.69, 9.17) is 5.73 Å². The van der Waals surface area contributed by atoms with Crippen molar-refractivity contribution in [1.82, 2.24) is 19.6 Å². The van der Waals surface area contributed by atoms with Crippen LogP contribution in [0.15, 0.2) is 18.6 Å². The van der Waals surface area contributed by atoms with Gasteiger partial charge in [0.2, 0.25) is 0 Å². The lowest BCUT2D eigenvalue weighted by molar-refractivity contribution is 0.503. The standard InChI is InChI=1S/C10H15N5/c1-2-8(6-11)5-9-13-14-10-7-12-3-4-15(9)10/h3-4,7-8H,2,5-6,11H2,1H3. The zero-order valence-corrected chi connectivity index (χ0v) is 8.80. The molecular weight excluding hydrogens is 190 g/mol. The van der Waals surface area contributed by atoms with Crippen molar-refractivity contribution >= 4 is 5.65 Å². The molecule has 2 N–H and O–H groups in total. The van der Waals surface area contributed by atoms with Crippen molar-refractivity contribution in [3.8, 4) is 0 Å². The number of nitrogens with zero attached hydrogens (tertiary/aromatic N) is 4. The van der Waals surface area contributed by atoms with Gasteiger partial charge in [-0.05, 0) is 12.5 Å². The quantitative estimate of drug-likeness (QED) is 0.795. The molecule has 0 bridgehead atoms. The van der Waals surface area contributed by atoms with Crippen LogP contribution in [0.3, 0.4) is 0 Å². The maximum absolute atomic E-state index is 5.67. The molecule has 15 heavy (non-hydrogen) atoms. The molecule has 0 amide bonds. The second-order valence-corrected chi connectivity index (χ2v) is 3.63. The van der Waals surface area contributed by atoms with E-state index < -0.39 is 0 Å². The smallest absolute Gasteiger partial charge is 0.179 e. The first kappa shape index (κ1) is 10.0. The summed E-state index contributed by atoms with van der Waals surface area (Å²) in [6.45, 7) is 2.83. The normalized spacial score (nSPS) is 13.2. The van der Waals surface area contributed by atoms with E-state index in [9.17, 15) is 0 Å². The van der Waals surface area contributed by atoms with Gasteiger partial charge in [-0.25, -0.2) is 0 Å². The molecule has 80 valence electrons. The van der Waals surface area contributed by atoms with Gasteiger partial charge in [-0.2, -0.15) is 0 Å². The second kappa shape index (κ2) is 4.35. The molecule has 2 aromatic heterocycles. The first-order chi connectivity index (χ1) is 7.35. The highest BCUT2D eigenvalue weighted by Crippen LogP contribution is 2.10. The molecule has 5 nitrogen and oxygen atoms in total. The van der Waals surface area contributed by atoms with E-state index in [0.29, 0.717) is 12.5 Å². The summed E-state index contributed by atoms with van der Waals surface area (Å²) in [4.78, 5) is 4.00. The van der Waals surface area contributed by atoms with Crippen LogP contribution in [-0.4, -0.2) is 26.1 Å². The maximum atomic E-state index is 5.67. The molecule has 2 rings (SSSR count). The molecular formula is C10H15N5. The van der Waals surface area contributed by atoms with Crippen molar-refractivity contribution in [1.29, 1.82) is 0 Å². The number of hydrogen-bond acceptors (Lipinski definition) is 4. The molecule has 0 aliphatic heterocycles. The molecule has 0 aliphatic rings. The minimum atomic E-state index is 0.477. The molecule has 2 aromatic rings. The van der Waals surface area contributed by atoms with Gasteiger partial charge in [-0.3, -0.25) is 9.38 Å². The molecule has 5 heteroatoms. The minimum absolute atomic E-state index is 0.477. The Morgan fingerprint density at radius 2 is 2.33 bits per heavy atom. The van der Waals surface area contributed by atoms with Crippen molar-refractivity contribution in [3.63, 3.8) is 0 Å². The lowest BCUT2D eigenvalue weighted by atomic mass is 10.0. The molecule has 0 fully saturated rings. The van der Waals surface area contributed by atoms with Crippen molar-refractivity contribution in [2.24, 2.45) is 11.7 Å². The number of rotatable bonds is 4. The van der Waals surface area contributed by atoms with Crippen LogP contribution in [0.1, 0.15) is 19.2 Å². The average Bonchev–Trinajstić information content (AvgIpc) is 2.69. The maximum Gasteiger partial charge on any atom is 0.179 e. The largest absolute Gasteiger partial charge is 0.330 e. The molecule has 1 unspecified atom stereocenters. The topological polar surface area (TPSA) is 69.1 Å². The summed E-state index contributed by atoms with van der Waals surface area (Å²) >= 11 is 0. The van der Waals surface area contributed by atoms with Crippen molar-refractivity contribution in [2.75, 3.05) is 6.54 Å². The summed E-state index contributed by atoms with van der Waals surface area (Å²) in [5.41, 5.74) is 6.47. The monoisotopic (exact) mass is 205 g/mol. The van der Waals surface area contributed by atoms with E-state index >= 15 is 0 Å². The fourth-order valence-electron chi connectivity index (χ4n) is 1.59. The zero-order valence-electron chi connectivity index (χ0n) is 8.80. The van der Waals surface area contributed by atoms with Gasteiger partial charge in [0, 0.05) is 18.8 Å². The molecule has 0 spiro atoms. The fraction of sp³-hybridized carbons (Fsp3) is 0.500. The number of nitrogens with two attached hydrogens (primary N) is 1. The Morgan fingerprint density at radius 1 is 1.47 bits per heavy atom. The lowest BCUT2D eigenvalue weighted by Crippen LogP contribution is -2.17. The molecule has 0 saturated heterocycles. The third kappa shape index (κ3) is 1.97. The summed E-state index contributed by atoms with van der Waals surface area (Å²) in [5.74, 6) is 1.44. The van der Waals surface area contributed by atoms with Gasteiger partial charge in [-0.15, -0.1) is 10.2 Å². The van der Waals surface area contributed by atoms with Crippen LogP contribution in [0, 0.1) is 5.92 Å². The molecule has 1 atom stereocenters. The van der Waals surface area contributed by atoms with Gasteiger partial charge in [0.05, 0.1) is 6.20 Å². The lowest BCUT2D eigenvalue weighted by Gasteiger charge is -2.09. The van der Waals surface area contributed by atoms with Crippen LogP contribution < -0.4 is 5.73 Å². The van der Waals surface area contributed by atoms with E-state index in [1.807, 2.05) is 10.6 Å². The number of aromatic nitrogens is 4. The predicted molar refractivity (Wildman–Crippen MR) is 57.3 cm³/mol. The van der Waals surface area contributed by atoms with Gasteiger partial charge < -0.3 is 5.73 Å². The van der Waals surface area contributed by atoms with Crippen LogP contribution >= 0.6 is 0 Å². The Hall–Kier alpha value is -1.49. The van der Waals surface area contributed by atoms with Crippen LogP contribution in [-0.2, 0) is 6.42 Å². The van der Waals surface area contributed by atoms with Gasteiger partial charge >= 0.3 is 0 Å². The summed E-state index contributed by atoms with van der Waals surface area (Å²) in [7, 11) is 0. The van der Waals surface area contributed by atoms with E-state index in [0.717, 1.165) is 24.3 Å². The molecule has 0 aliphatic carbocycles. The number of hydrogen-bond donors (Lipinski definition) is 1. The molecule has 0 saturated carbocycles. The SMILES string of the molecule is CCC(CN)Cc1nnc2cnccn12. The number of fused-ring (bicyclic) bond motifs is 1. The Morgan fingerprint density at radius 3 is 3.07 bits per heavy atom. The van der Waals surface area contributed by atoms with Gasteiger partial charge in [0.15, 0.2) is 5.65 Å². The summed E-state index contributed by atoms with van der Waals surface area (Å²) in [6, 6.07) is 0. The minimum Gasteiger partial charge on any atom is -0.330 e. The van der Waals surface area contributed by atoms with E-state index in [2.05, 4.69) is 22.1 Å². The van der Waals surface area contributed by atoms with E-state index in [-0.39, 0.29) is 0 Å². The highest BCUT2D eigenvalue weighted by atomic mass is 15.2. The second-order valence-electron chi connectivity index (χ2n) is 3.63. The third-order valence-corrected chi connectivity index (χ3v) is 2.67. The Bertz CT molecular complexity index is 432. The van der Waals surface area contributed by atoms with Gasteiger partial charge in [0.1, 0.15) is 5.82 Å². The molecule has 2 heterocycles. The average molecular weight is 205 g/mol. The van der Waals surface area contributed by atoms with Crippen molar-refractivity contribution in [3.05, 3.63) is 24.4 Å². The molecule has 0 aromatic carbocycles. The van der Waals surface area contributed by atoms with E-state index in [1.165, 1.54) is 0 Å². The van der Waals surface area contributed by atoms with Gasteiger partial charge in [0.25, 0.3) is 0 Å². The third-order valence-electron chi connectivity index (χ3n) is 2.67. The van der Waals surface area contributed by atoms with Gasteiger partial charge in [-0.1, -0.05) is 13.3 Å². The Labute approximate surface area is 88.3 Å². The van der Waals surface area contributed by atoms with Crippen molar-refractivity contribution in [2.45, 2.75) is 19.8 Å². The summed E-state index contributed by atoms with van der Waals surface area (Å²) in [5, 5.41) is 8.20. The first-order valence-electron chi connectivity index (χ1n) is 5.18. The zero-order chi connectivity index (χ0) is 10.7. The fourth-order valence-corrected chi connectivity index (χ4v) is 1.59. The Kier molecular flexibility index (Phi) is 2.91. The van der Waals surface area contributed by atoms with Crippen LogP contribution in [0.5, 0.6) is 0 Å². The van der Waals surface area contributed by atoms with Crippen LogP contribution in [0.2, 0.25) is 0 Å².